The van der Waals surface area contributed by atoms with E-state index in [9.17, 15) is 44.7 Å². The normalized spacial score (nSPS) is 20.8. The first kappa shape index (κ1) is 27.8. The van der Waals surface area contributed by atoms with Gasteiger partial charge in [0.25, 0.3) is 5.60 Å². The summed E-state index contributed by atoms with van der Waals surface area (Å²) < 4.78 is 127. The molecule has 0 saturated carbocycles. The Kier molecular flexibility index (Phi) is 6.73. The number of carbonyl (C=O) groups is 1. The number of rotatable bonds is 5. The van der Waals surface area contributed by atoms with E-state index in [2.05, 4.69) is 5.32 Å². The van der Waals surface area contributed by atoms with Crippen molar-refractivity contribution >= 4 is 27.2 Å². The van der Waals surface area contributed by atoms with Gasteiger partial charge in [-0.15, -0.1) is 0 Å². The van der Waals surface area contributed by atoms with Gasteiger partial charge < -0.3 is 10.4 Å². The molecule has 0 saturated heterocycles. The molecule has 6 nitrogen and oxygen atoms in total. The zero-order chi connectivity index (χ0) is 28.1. The van der Waals surface area contributed by atoms with Crippen LogP contribution in [0, 0.1) is 0 Å². The predicted octanol–water partition coefficient (Wildman–Crippen LogP) is 4.78. The van der Waals surface area contributed by atoms with Crippen LogP contribution in [0.4, 0.5) is 36.4 Å². The zero-order valence-corrected chi connectivity index (χ0v) is 19.9. The van der Waals surface area contributed by atoms with Crippen LogP contribution in [0.3, 0.4) is 0 Å². The van der Waals surface area contributed by atoms with Crippen molar-refractivity contribution in [1.82, 2.24) is 4.72 Å². The van der Waals surface area contributed by atoms with Crippen LogP contribution in [0.15, 0.2) is 71.4 Å². The molecule has 204 valence electrons. The second kappa shape index (κ2) is 9.20. The molecule has 1 unspecified atom stereocenters. The zero-order valence-electron chi connectivity index (χ0n) is 19.1. The number of carbonyl (C=O) groups excluding carboxylic acids is 1. The predicted molar refractivity (Wildman–Crippen MR) is 122 cm³/mol. The standard InChI is InChI=1S/C24H19F7N2O4S/c25-18-13-21(22(35,23(26,27)28)24(29,30)31,11-10-17(18)14-4-2-1-3-5-14)33-38(36,37)16-7-8-19-15(12-16)6-9-20(34)32-19/h1-5,7-8,10-12,33,35H,6,9,13H2,(H,32,34). The summed E-state index contributed by atoms with van der Waals surface area (Å²) in [4.78, 5) is 10.8. The summed E-state index contributed by atoms with van der Waals surface area (Å²) in [6.45, 7) is 0. The number of amides is 1. The van der Waals surface area contributed by atoms with Crippen molar-refractivity contribution in [3.8, 4) is 0 Å². The number of aliphatic hydroxyl groups is 1. The van der Waals surface area contributed by atoms with Crippen LogP contribution >= 0.6 is 0 Å². The number of benzene rings is 2. The van der Waals surface area contributed by atoms with Gasteiger partial charge in [-0.1, -0.05) is 42.5 Å². The molecule has 2 aromatic carbocycles. The van der Waals surface area contributed by atoms with Crippen LogP contribution in [-0.2, 0) is 21.2 Å². The average Bonchev–Trinajstić information content (AvgIpc) is 2.82. The highest BCUT2D eigenvalue weighted by Gasteiger charge is 2.80. The molecule has 1 atom stereocenters. The fourth-order valence-electron chi connectivity index (χ4n) is 4.47. The van der Waals surface area contributed by atoms with Crippen molar-refractivity contribution < 1.29 is 49.1 Å². The van der Waals surface area contributed by atoms with Crippen LogP contribution < -0.4 is 10.0 Å². The largest absolute Gasteiger partial charge is 0.428 e. The minimum atomic E-state index is -6.48. The Morgan fingerprint density at radius 1 is 0.947 bits per heavy atom. The van der Waals surface area contributed by atoms with E-state index in [4.69, 9.17) is 0 Å². The molecule has 1 amide bonds. The second-order valence-electron chi connectivity index (χ2n) is 8.84. The van der Waals surface area contributed by atoms with Crippen LogP contribution in [0.5, 0.6) is 0 Å². The number of aryl methyl sites for hydroxylation is 1. The topological polar surface area (TPSA) is 95.5 Å². The van der Waals surface area contributed by atoms with Crippen molar-refractivity contribution in [3.63, 3.8) is 0 Å². The Hall–Kier alpha value is -3.23. The number of hydrogen-bond donors (Lipinski definition) is 3. The minimum Gasteiger partial charge on any atom is -0.372 e. The Bertz CT molecular complexity index is 1420. The molecule has 2 aliphatic rings. The van der Waals surface area contributed by atoms with E-state index < -0.39 is 50.7 Å². The van der Waals surface area contributed by atoms with Gasteiger partial charge in [-0.2, -0.15) is 31.1 Å². The van der Waals surface area contributed by atoms with Gasteiger partial charge in [-0.3, -0.25) is 4.79 Å². The summed E-state index contributed by atoms with van der Waals surface area (Å²) in [7, 11) is -5.24. The van der Waals surface area contributed by atoms with Gasteiger partial charge >= 0.3 is 12.4 Å². The van der Waals surface area contributed by atoms with E-state index in [0.29, 0.717) is 6.08 Å². The van der Waals surface area contributed by atoms with Crippen molar-refractivity contribution in [2.24, 2.45) is 0 Å². The Morgan fingerprint density at radius 3 is 2.16 bits per heavy atom. The molecule has 2 aromatic rings. The van der Waals surface area contributed by atoms with Crippen LogP contribution in [0.25, 0.3) is 5.57 Å². The lowest BCUT2D eigenvalue weighted by molar-refractivity contribution is -0.384. The van der Waals surface area contributed by atoms with Crippen molar-refractivity contribution in [3.05, 3.63) is 77.6 Å². The van der Waals surface area contributed by atoms with E-state index >= 15 is 4.39 Å². The molecule has 1 aliphatic carbocycles. The molecule has 0 bridgehead atoms. The first-order valence-electron chi connectivity index (χ1n) is 11.0. The molecule has 0 spiro atoms. The monoisotopic (exact) mass is 564 g/mol. The Balaban J connectivity index is 1.86. The molecule has 0 fully saturated rings. The third-order valence-electron chi connectivity index (χ3n) is 6.41. The third kappa shape index (κ3) is 4.60. The van der Waals surface area contributed by atoms with Gasteiger partial charge in [0.1, 0.15) is 11.4 Å². The summed E-state index contributed by atoms with van der Waals surface area (Å²) in [6, 6.07) is 10.1. The summed E-state index contributed by atoms with van der Waals surface area (Å²) >= 11 is 0. The maximum atomic E-state index is 15.3. The molecule has 3 N–H and O–H groups in total. The number of allylic oxidation sites excluding steroid dienone is 2. The minimum absolute atomic E-state index is 0.0310. The molecule has 38 heavy (non-hydrogen) atoms. The maximum Gasteiger partial charge on any atom is 0.428 e. The summed E-state index contributed by atoms with van der Waals surface area (Å²) in [5, 5.41) is 12.8. The second-order valence-corrected chi connectivity index (χ2v) is 10.5. The highest BCUT2D eigenvalue weighted by Crippen LogP contribution is 2.54. The number of alkyl halides is 6. The van der Waals surface area contributed by atoms with Crippen molar-refractivity contribution in [2.75, 3.05) is 5.32 Å². The summed E-state index contributed by atoms with van der Waals surface area (Å²) in [5.74, 6) is -1.88. The molecular formula is C24H19F7N2O4S. The van der Waals surface area contributed by atoms with Gasteiger partial charge in [0.15, 0.2) is 0 Å². The molecular weight excluding hydrogens is 545 g/mol. The van der Waals surface area contributed by atoms with E-state index in [1.807, 2.05) is 0 Å². The van der Waals surface area contributed by atoms with E-state index in [-0.39, 0.29) is 47.2 Å². The Labute approximate surface area is 211 Å². The average molecular weight is 564 g/mol. The fraction of sp³-hybridized carbons (Fsp3) is 0.292. The first-order chi connectivity index (χ1) is 17.5. The van der Waals surface area contributed by atoms with Crippen LogP contribution in [0.2, 0.25) is 0 Å². The Morgan fingerprint density at radius 2 is 1.58 bits per heavy atom. The van der Waals surface area contributed by atoms with Crippen molar-refractivity contribution in [1.29, 1.82) is 0 Å². The van der Waals surface area contributed by atoms with E-state index in [1.54, 1.807) is 6.07 Å². The van der Waals surface area contributed by atoms with Crippen LogP contribution in [-0.4, -0.2) is 42.9 Å². The lowest BCUT2D eigenvalue weighted by atomic mass is 9.72. The summed E-state index contributed by atoms with van der Waals surface area (Å²) in [6.07, 6.45) is -14.0. The third-order valence-corrected chi connectivity index (χ3v) is 7.92. The van der Waals surface area contributed by atoms with Gasteiger partial charge in [0.05, 0.1) is 4.90 Å². The maximum absolute atomic E-state index is 15.3. The van der Waals surface area contributed by atoms with Gasteiger partial charge in [-0.25, -0.2) is 12.8 Å². The molecule has 0 radical (unpaired) electrons. The molecule has 1 heterocycles. The number of halogens is 7. The van der Waals surface area contributed by atoms with Crippen molar-refractivity contribution in [2.45, 2.75) is 47.7 Å². The number of sulfonamides is 1. The van der Waals surface area contributed by atoms with Gasteiger partial charge in [0, 0.05) is 24.1 Å². The number of nitrogens with one attached hydrogen (secondary N) is 2. The molecule has 1 aliphatic heterocycles. The lowest BCUT2D eigenvalue weighted by Gasteiger charge is -2.47. The lowest BCUT2D eigenvalue weighted by Crippen LogP contribution is -2.75. The van der Waals surface area contributed by atoms with Gasteiger partial charge in [-0.05, 0) is 35.7 Å². The molecule has 4 rings (SSSR count). The highest BCUT2D eigenvalue weighted by molar-refractivity contribution is 7.89. The SMILES string of the molecule is O=C1CCc2cc(S(=O)(=O)NC3(C(O)(C(F)(F)F)C(F)(F)F)C=CC(c4ccccc4)=C(F)C3)ccc2N1. The highest BCUT2D eigenvalue weighted by atomic mass is 32.2. The fourth-order valence-corrected chi connectivity index (χ4v) is 5.90. The van der Waals surface area contributed by atoms with Crippen LogP contribution in [0.1, 0.15) is 24.0 Å². The van der Waals surface area contributed by atoms with Gasteiger partial charge in [0.2, 0.25) is 15.9 Å². The quantitative estimate of drug-likeness (QED) is 0.456. The summed E-state index contributed by atoms with van der Waals surface area (Å²) in [5.41, 5.74) is -9.46. The number of fused-ring (bicyclic) bond motifs is 1. The number of anilines is 1. The number of hydrogen-bond acceptors (Lipinski definition) is 4. The molecule has 0 aromatic heterocycles. The molecule has 14 heteroatoms. The smallest absolute Gasteiger partial charge is 0.372 e. The first-order valence-corrected chi connectivity index (χ1v) is 12.4. The van der Waals surface area contributed by atoms with E-state index in [1.165, 1.54) is 29.0 Å². The van der Waals surface area contributed by atoms with E-state index in [0.717, 1.165) is 18.2 Å².